The molecular formula is C22H17N3O3S. The summed E-state index contributed by atoms with van der Waals surface area (Å²) in [5.74, 6) is -0.313. The van der Waals surface area contributed by atoms with E-state index in [9.17, 15) is 13.2 Å². The van der Waals surface area contributed by atoms with Gasteiger partial charge in [-0.3, -0.25) is 9.10 Å². The van der Waals surface area contributed by atoms with Crippen LogP contribution in [0.3, 0.4) is 0 Å². The van der Waals surface area contributed by atoms with Crippen molar-refractivity contribution in [3.63, 3.8) is 0 Å². The molecule has 144 valence electrons. The van der Waals surface area contributed by atoms with Crippen molar-refractivity contribution in [1.82, 2.24) is 0 Å². The summed E-state index contributed by atoms with van der Waals surface area (Å²) in [6.07, 6.45) is 0.534. The molecule has 0 bridgehead atoms. The van der Waals surface area contributed by atoms with Crippen LogP contribution >= 0.6 is 0 Å². The summed E-state index contributed by atoms with van der Waals surface area (Å²) < 4.78 is 27.3. The fourth-order valence-corrected chi connectivity index (χ4v) is 4.88. The van der Waals surface area contributed by atoms with Crippen LogP contribution in [0.4, 0.5) is 11.4 Å². The van der Waals surface area contributed by atoms with Crippen LogP contribution < -0.4 is 9.62 Å². The molecule has 0 atom stereocenters. The number of anilines is 2. The lowest BCUT2D eigenvalue weighted by molar-refractivity contribution is 0.102. The molecule has 6 nitrogen and oxygen atoms in total. The van der Waals surface area contributed by atoms with Gasteiger partial charge in [-0.05, 0) is 60.5 Å². The van der Waals surface area contributed by atoms with Crippen molar-refractivity contribution in [2.24, 2.45) is 0 Å². The Morgan fingerprint density at radius 1 is 1.00 bits per heavy atom. The van der Waals surface area contributed by atoms with Crippen LogP contribution in [0.2, 0.25) is 0 Å². The Balaban J connectivity index is 1.59. The van der Waals surface area contributed by atoms with E-state index in [4.69, 9.17) is 5.26 Å². The second kappa shape index (κ2) is 7.41. The summed E-state index contributed by atoms with van der Waals surface area (Å²) >= 11 is 0. The minimum Gasteiger partial charge on any atom is -0.322 e. The fraction of sp³-hybridized carbons (Fsp3) is 0.0909. The van der Waals surface area contributed by atoms with Crippen LogP contribution in [0.5, 0.6) is 0 Å². The molecule has 1 heterocycles. The Labute approximate surface area is 169 Å². The van der Waals surface area contributed by atoms with E-state index in [1.54, 1.807) is 72.8 Å². The van der Waals surface area contributed by atoms with E-state index < -0.39 is 10.0 Å². The average Bonchev–Trinajstić information content (AvgIpc) is 3.18. The number of nitrogens with zero attached hydrogens (tertiary/aromatic N) is 2. The monoisotopic (exact) mass is 403 g/mol. The summed E-state index contributed by atoms with van der Waals surface area (Å²) in [6, 6.07) is 22.0. The number of carbonyl (C=O) groups excluding carboxylic acids is 1. The van der Waals surface area contributed by atoms with E-state index >= 15 is 0 Å². The van der Waals surface area contributed by atoms with Crippen molar-refractivity contribution >= 4 is 27.3 Å². The highest BCUT2D eigenvalue weighted by molar-refractivity contribution is 7.92. The van der Waals surface area contributed by atoms with Gasteiger partial charge in [0.2, 0.25) is 0 Å². The molecule has 0 spiro atoms. The number of benzene rings is 3. The molecule has 0 unspecified atom stereocenters. The Hall–Kier alpha value is -3.63. The van der Waals surface area contributed by atoms with E-state index in [0.717, 1.165) is 5.56 Å². The van der Waals surface area contributed by atoms with Gasteiger partial charge >= 0.3 is 0 Å². The smallest absolute Gasteiger partial charge is 0.264 e. The highest BCUT2D eigenvalue weighted by atomic mass is 32.2. The summed E-state index contributed by atoms with van der Waals surface area (Å²) in [7, 11) is -3.64. The van der Waals surface area contributed by atoms with Crippen LogP contribution in [-0.4, -0.2) is 20.9 Å². The second-order valence-corrected chi connectivity index (χ2v) is 8.49. The largest absolute Gasteiger partial charge is 0.322 e. The van der Waals surface area contributed by atoms with E-state index in [-0.39, 0.29) is 10.8 Å². The average molecular weight is 403 g/mol. The summed E-state index contributed by atoms with van der Waals surface area (Å²) in [4.78, 5) is 12.8. The first-order valence-corrected chi connectivity index (χ1v) is 10.5. The molecule has 3 aromatic carbocycles. The van der Waals surface area contributed by atoms with Crippen molar-refractivity contribution in [3.05, 3.63) is 89.5 Å². The molecule has 0 saturated heterocycles. The third-order valence-corrected chi connectivity index (χ3v) is 6.60. The molecule has 29 heavy (non-hydrogen) atoms. The number of sulfonamides is 1. The molecule has 1 N–H and O–H groups in total. The van der Waals surface area contributed by atoms with Gasteiger partial charge in [0.15, 0.2) is 0 Å². The molecular weight excluding hydrogens is 386 g/mol. The zero-order valence-electron chi connectivity index (χ0n) is 15.4. The molecule has 7 heteroatoms. The number of nitrogens with one attached hydrogen (secondary N) is 1. The van der Waals surface area contributed by atoms with Crippen LogP contribution in [0.1, 0.15) is 21.5 Å². The number of carbonyl (C=O) groups is 1. The number of fused-ring (bicyclic) bond motifs is 1. The van der Waals surface area contributed by atoms with Crippen molar-refractivity contribution in [2.45, 2.75) is 11.3 Å². The van der Waals surface area contributed by atoms with Gasteiger partial charge in [0.25, 0.3) is 15.9 Å². The SMILES string of the molecule is N#Cc1cccc(NC(=O)c2ccc3c(c2)CCN3S(=O)(=O)c2ccccc2)c1. The van der Waals surface area contributed by atoms with Gasteiger partial charge < -0.3 is 5.32 Å². The summed E-state index contributed by atoms with van der Waals surface area (Å²) in [6.45, 7) is 0.335. The normalized spacial score (nSPS) is 12.9. The van der Waals surface area contributed by atoms with Crippen LogP contribution in [0.25, 0.3) is 0 Å². The quantitative estimate of drug-likeness (QED) is 0.721. The molecule has 0 aliphatic carbocycles. The second-order valence-electron chi connectivity index (χ2n) is 6.63. The molecule has 0 saturated carbocycles. The predicted octanol–water partition coefficient (Wildman–Crippen LogP) is 3.56. The highest BCUT2D eigenvalue weighted by Gasteiger charge is 2.31. The highest BCUT2D eigenvalue weighted by Crippen LogP contribution is 2.33. The van der Waals surface area contributed by atoms with Crippen LogP contribution in [-0.2, 0) is 16.4 Å². The first-order chi connectivity index (χ1) is 14.0. The van der Waals surface area contributed by atoms with E-state index in [1.807, 2.05) is 6.07 Å². The van der Waals surface area contributed by atoms with Gasteiger partial charge in [0.05, 0.1) is 22.2 Å². The van der Waals surface area contributed by atoms with Crippen molar-refractivity contribution in [3.8, 4) is 6.07 Å². The lowest BCUT2D eigenvalue weighted by Crippen LogP contribution is -2.29. The Kier molecular flexibility index (Phi) is 4.79. The topological polar surface area (TPSA) is 90.3 Å². The molecule has 3 aromatic rings. The molecule has 0 fully saturated rings. The number of nitriles is 1. The van der Waals surface area contributed by atoms with Crippen molar-refractivity contribution < 1.29 is 13.2 Å². The first kappa shape index (κ1) is 18.7. The maximum Gasteiger partial charge on any atom is 0.264 e. The zero-order valence-corrected chi connectivity index (χ0v) is 16.2. The molecule has 4 rings (SSSR count). The molecule has 0 radical (unpaired) electrons. The van der Waals surface area contributed by atoms with Gasteiger partial charge in [-0.15, -0.1) is 0 Å². The zero-order chi connectivity index (χ0) is 20.4. The number of amides is 1. The predicted molar refractivity (Wildman–Crippen MR) is 110 cm³/mol. The Morgan fingerprint density at radius 2 is 1.79 bits per heavy atom. The maximum atomic E-state index is 12.9. The lowest BCUT2D eigenvalue weighted by Gasteiger charge is -2.19. The third kappa shape index (κ3) is 3.58. The van der Waals surface area contributed by atoms with Gasteiger partial charge in [-0.2, -0.15) is 5.26 Å². The standard InChI is InChI=1S/C22H17N3O3S/c23-15-16-5-4-6-19(13-16)24-22(26)18-9-10-21-17(14-18)11-12-25(21)29(27,28)20-7-2-1-3-8-20/h1-10,13-14H,11-12H2,(H,24,26). The van der Waals surface area contributed by atoms with E-state index in [1.165, 1.54) is 4.31 Å². The Bertz CT molecular complexity index is 1230. The Morgan fingerprint density at radius 3 is 2.55 bits per heavy atom. The minimum atomic E-state index is -3.64. The van der Waals surface area contributed by atoms with Crippen LogP contribution in [0.15, 0.2) is 77.7 Å². The number of rotatable bonds is 4. The van der Waals surface area contributed by atoms with E-state index in [0.29, 0.717) is 35.5 Å². The number of hydrogen-bond donors (Lipinski definition) is 1. The molecule has 1 aliphatic rings. The van der Waals surface area contributed by atoms with Crippen molar-refractivity contribution in [2.75, 3.05) is 16.2 Å². The van der Waals surface area contributed by atoms with E-state index in [2.05, 4.69) is 5.32 Å². The van der Waals surface area contributed by atoms with Gasteiger partial charge in [0, 0.05) is 17.8 Å². The molecule has 1 amide bonds. The van der Waals surface area contributed by atoms with Gasteiger partial charge in [-0.25, -0.2) is 8.42 Å². The minimum absolute atomic E-state index is 0.243. The van der Waals surface area contributed by atoms with Gasteiger partial charge in [-0.1, -0.05) is 24.3 Å². The lowest BCUT2D eigenvalue weighted by atomic mass is 10.1. The first-order valence-electron chi connectivity index (χ1n) is 9.01. The summed E-state index contributed by atoms with van der Waals surface area (Å²) in [5, 5.41) is 11.7. The van der Waals surface area contributed by atoms with Gasteiger partial charge in [0.1, 0.15) is 0 Å². The summed E-state index contributed by atoms with van der Waals surface area (Å²) in [5.41, 5.74) is 2.83. The maximum absolute atomic E-state index is 12.9. The molecule has 0 aromatic heterocycles. The van der Waals surface area contributed by atoms with Crippen LogP contribution in [0, 0.1) is 11.3 Å². The third-order valence-electron chi connectivity index (χ3n) is 4.78. The molecule has 1 aliphatic heterocycles. The van der Waals surface area contributed by atoms with Crippen molar-refractivity contribution in [1.29, 1.82) is 5.26 Å². The fourth-order valence-electron chi connectivity index (χ4n) is 3.35. The number of hydrogen-bond acceptors (Lipinski definition) is 4.